The number of hydrogen-bond donors (Lipinski definition) is 0. The summed E-state index contributed by atoms with van der Waals surface area (Å²) in [7, 11) is 0. The van der Waals surface area contributed by atoms with Gasteiger partial charge in [-0.15, -0.1) is 0 Å². The normalized spacial score (nSPS) is 11.7. The van der Waals surface area contributed by atoms with Gasteiger partial charge in [-0.1, -0.05) is 303 Å². The third-order valence-corrected chi connectivity index (χ3v) is 25.1. The number of para-hydroxylation sites is 8. The summed E-state index contributed by atoms with van der Waals surface area (Å²) >= 11 is 0. The zero-order valence-corrected chi connectivity index (χ0v) is 68.1. The van der Waals surface area contributed by atoms with Crippen LogP contribution in [0.4, 0.5) is 0 Å². The first-order valence-electron chi connectivity index (χ1n) is 42.7. The van der Waals surface area contributed by atoms with Crippen LogP contribution in [0.1, 0.15) is 0 Å². The molecular formula is C118H77N7. The van der Waals surface area contributed by atoms with E-state index in [1.54, 1.807) is 0 Å². The lowest BCUT2D eigenvalue weighted by atomic mass is 9.98. The average Bonchev–Trinajstić information content (AvgIpc) is 1.60. The third kappa shape index (κ3) is 12.6. The minimum absolute atomic E-state index is 0.933. The Hall–Kier alpha value is -16.7. The summed E-state index contributed by atoms with van der Waals surface area (Å²) < 4.78 is 12.1. The van der Waals surface area contributed by atoms with Gasteiger partial charge in [0, 0.05) is 105 Å². The molecule has 0 aliphatic rings. The van der Waals surface area contributed by atoms with E-state index in [1.807, 2.05) is 12.1 Å². The van der Waals surface area contributed by atoms with Crippen molar-refractivity contribution in [2.75, 3.05) is 0 Å². The molecule has 0 aliphatic carbocycles. The molecule has 7 heteroatoms. The van der Waals surface area contributed by atoms with Crippen molar-refractivity contribution in [3.8, 4) is 118 Å². The molecule has 0 aliphatic heterocycles. The summed E-state index contributed by atoms with van der Waals surface area (Å²) in [5.41, 5.74) is 34.8. The molecule has 0 radical (unpaired) electrons. The minimum Gasteiger partial charge on any atom is -0.309 e. The van der Waals surface area contributed by atoms with Gasteiger partial charge in [-0.05, 0) is 208 Å². The molecule has 125 heavy (non-hydrogen) atoms. The summed E-state index contributed by atoms with van der Waals surface area (Å²) in [5, 5.41) is 12.3. The fraction of sp³-hybridized carbons (Fsp3) is 0. The highest BCUT2D eigenvalue weighted by molar-refractivity contribution is 6.16. The molecule has 7 heterocycles. The molecule has 0 N–H and O–H groups in total. The Morgan fingerprint density at radius 3 is 0.616 bits per heavy atom. The Kier molecular flexibility index (Phi) is 17.5. The molecule has 0 saturated carbocycles. The van der Waals surface area contributed by atoms with Crippen molar-refractivity contribution in [1.82, 2.24) is 32.8 Å². The van der Waals surface area contributed by atoms with Gasteiger partial charge < -0.3 is 22.8 Å². The molecule has 0 bridgehead atoms. The van der Waals surface area contributed by atoms with Gasteiger partial charge in [-0.2, -0.15) is 0 Å². The van der Waals surface area contributed by atoms with E-state index < -0.39 is 0 Å². The minimum atomic E-state index is 0.933. The van der Waals surface area contributed by atoms with Crippen LogP contribution in [0.5, 0.6) is 0 Å². The van der Waals surface area contributed by atoms with Crippen molar-refractivity contribution in [1.29, 1.82) is 0 Å². The number of nitrogens with zero attached hydrogens (tertiary/aromatic N) is 7. The van der Waals surface area contributed by atoms with E-state index in [4.69, 9.17) is 9.97 Å². The van der Waals surface area contributed by atoms with E-state index in [-0.39, 0.29) is 0 Å². The van der Waals surface area contributed by atoms with Crippen molar-refractivity contribution in [3.63, 3.8) is 0 Å². The number of hydrogen-bond acceptors (Lipinski definition) is 2. The first-order chi connectivity index (χ1) is 62.0. The van der Waals surface area contributed by atoms with Gasteiger partial charge in [0.2, 0.25) is 0 Å². The number of benzene rings is 18. The molecule has 0 unspecified atom stereocenters. The SMILES string of the molecule is c1ccc(-c2cc(-c3cc(-n4c5ccccc5c5ccccc54)cc(-n4c5ccccc5c5cc(-c6ccc7c(c6)c6ccccc6n7-c6ccccc6)ccc54)c3)cc(-c3ccccc3)n2)cc1.c1ccc(-c2cc(-c3cccc(-n4c5ccccc5c5cc(-c6ccc7c(c6)c6ccccc6n7-c6ccccc6)ccc54)c3)cc(-c3ccccc3)n2)cc1. The Labute approximate surface area is 722 Å². The maximum Gasteiger partial charge on any atom is 0.0715 e. The van der Waals surface area contributed by atoms with Crippen molar-refractivity contribution >= 4 is 109 Å². The second kappa shape index (κ2) is 30.2. The molecule has 18 aromatic carbocycles. The van der Waals surface area contributed by atoms with Gasteiger partial charge in [-0.3, -0.25) is 0 Å². The fourth-order valence-corrected chi connectivity index (χ4v) is 19.3. The van der Waals surface area contributed by atoms with Crippen molar-refractivity contribution < 1.29 is 0 Å². The van der Waals surface area contributed by atoms with Gasteiger partial charge in [0.1, 0.15) is 0 Å². The highest BCUT2D eigenvalue weighted by Crippen LogP contribution is 2.45. The predicted molar refractivity (Wildman–Crippen MR) is 524 cm³/mol. The Morgan fingerprint density at radius 1 is 0.112 bits per heavy atom. The van der Waals surface area contributed by atoms with Gasteiger partial charge in [-0.25, -0.2) is 9.97 Å². The van der Waals surface area contributed by atoms with Crippen molar-refractivity contribution in [2.24, 2.45) is 0 Å². The maximum atomic E-state index is 5.28. The second-order valence-corrected chi connectivity index (χ2v) is 32.4. The largest absolute Gasteiger partial charge is 0.309 e. The highest BCUT2D eigenvalue weighted by Gasteiger charge is 2.24. The molecule has 7 nitrogen and oxygen atoms in total. The number of aromatic nitrogens is 7. The van der Waals surface area contributed by atoms with Crippen LogP contribution in [0, 0.1) is 0 Å². The lowest BCUT2D eigenvalue weighted by Gasteiger charge is -2.17. The molecule has 0 atom stereocenters. The Balaban J connectivity index is 0.000000143. The summed E-state index contributed by atoms with van der Waals surface area (Å²) in [5.74, 6) is 0. The average molecular weight is 1590 g/mol. The van der Waals surface area contributed by atoms with Crippen LogP contribution in [0.3, 0.4) is 0 Å². The standard InChI is InChI=1S/C65H42N4.C53H35N3/c1-4-18-43(19-5-1)58-40-48(41-59(66-58)44-20-6-2-7-21-44)47-36-50(68-60-28-14-10-24-52(60)53-25-11-15-29-61(53)68)42-51(37-47)69-63-31-17-13-27-55(63)57-39-46(33-35-65(57)69)45-32-34-64-56(38-45)54-26-12-16-30-62(54)67(64)49-22-8-3-9-23-49;1-4-15-36(16-5-1)48-34-41(35-49(54-48)37-17-6-2-7-18-37)38-19-14-22-43(31-38)56-51-26-13-11-24-45(51)47-33-40(28-30-53(47)56)39-27-29-52-46(32-39)44-23-10-12-25-50(44)55(52)42-20-8-3-9-21-42/h1-42H;1-35H. The molecule has 25 aromatic rings. The molecule has 0 spiro atoms. The van der Waals surface area contributed by atoms with Crippen LogP contribution in [0.15, 0.2) is 467 Å². The quantitative estimate of drug-likeness (QED) is 0.116. The summed E-state index contributed by atoms with van der Waals surface area (Å²) in [6.45, 7) is 0. The van der Waals surface area contributed by atoms with Crippen molar-refractivity contribution in [3.05, 3.63) is 467 Å². The lowest BCUT2D eigenvalue weighted by molar-refractivity contribution is 1.13. The van der Waals surface area contributed by atoms with E-state index in [1.165, 1.54) is 126 Å². The van der Waals surface area contributed by atoms with Crippen LogP contribution in [0.25, 0.3) is 227 Å². The lowest BCUT2D eigenvalue weighted by Crippen LogP contribution is -2.00. The Morgan fingerprint density at radius 2 is 0.312 bits per heavy atom. The zero-order chi connectivity index (χ0) is 82.4. The van der Waals surface area contributed by atoms with Gasteiger partial charge in [0.25, 0.3) is 0 Å². The molecule has 25 rings (SSSR count). The van der Waals surface area contributed by atoms with E-state index in [0.717, 1.165) is 101 Å². The number of fused-ring (bicyclic) bond motifs is 15. The van der Waals surface area contributed by atoms with E-state index in [2.05, 4.69) is 478 Å². The number of pyridine rings is 2. The first kappa shape index (κ1) is 72.3. The predicted octanol–water partition coefficient (Wildman–Crippen LogP) is 31.0. The highest BCUT2D eigenvalue weighted by atomic mass is 15.0. The van der Waals surface area contributed by atoms with Crippen LogP contribution < -0.4 is 0 Å². The summed E-state index contributed by atoms with van der Waals surface area (Å²) in [6.07, 6.45) is 0. The molecule has 0 amide bonds. The zero-order valence-electron chi connectivity index (χ0n) is 68.1. The van der Waals surface area contributed by atoms with Crippen LogP contribution in [-0.4, -0.2) is 32.8 Å². The van der Waals surface area contributed by atoms with Crippen LogP contribution >= 0.6 is 0 Å². The molecule has 7 aromatic heterocycles. The Bertz CT molecular complexity index is 8340. The smallest absolute Gasteiger partial charge is 0.0715 e. The molecule has 0 saturated heterocycles. The van der Waals surface area contributed by atoms with Crippen molar-refractivity contribution in [2.45, 2.75) is 0 Å². The second-order valence-electron chi connectivity index (χ2n) is 32.4. The fourth-order valence-electron chi connectivity index (χ4n) is 19.3. The summed E-state index contributed by atoms with van der Waals surface area (Å²) in [6, 6.07) is 169. The molecule has 0 fully saturated rings. The molecule has 584 valence electrons. The van der Waals surface area contributed by atoms with Crippen LogP contribution in [-0.2, 0) is 0 Å². The summed E-state index contributed by atoms with van der Waals surface area (Å²) in [4.78, 5) is 10.4. The topological polar surface area (TPSA) is 50.4 Å². The first-order valence-corrected chi connectivity index (χ1v) is 42.7. The third-order valence-electron chi connectivity index (χ3n) is 25.1. The van der Waals surface area contributed by atoms with E-state index >= 15 is 0 Å². The van der Waals surface area contributed by atoms with Gasteiger partial charge in [0.15, 0.2) is 0 Å². The van der Waals surface area contributed by atoms with Crippen LogP contribution in [0.2, 0.25) is 0 Å². The monoisotopic (exact) mass is 1590 g/mol. The van der Waals surface area contributed by atoms with Gasteiger partial charge >= 0.3 is 0 Å². The van der Waals surface area contributed by atoms with Gasteiger partial charge in [0.05, 0.1) is 77.9 Å². The van der Waals surface area contributed by atoms with E-state index in [9.17, 15) is 0 Å². The maximum absolute atomic E-state index is 5.28. The van der Waals surface area contributed by atoms with E-state index in [0.29, 0.717) is 0 Å². The molecular weight excluding hydrogens is 1520 g/mol. The number of rotatable bonds is 13.